The van der Waals surface area contributed by atoms with E-state index >= 15 is 0 Å². The zero-order valence-corrected chi connectivity index (χ0v) is 23.7. The van der Waals surface area contributed by atoms with Crippen molar-refractivity contribution in [1.29, 1.82) is 0 Å². The van der Waals surface area contributed by atoms with Crippen LogP contribution in [0.3, 0.4) is 0 Å². The summed E-state index contributed by atoms with van der Waals surface area (Å²) < 4.78 is 11.3. The molecule has 0 unspecified atom stereocenters. The average molecular weight is 561 g/mol. The predicted octanol–water partition coefficient (Wildman–Crippen LogP) is 4.89. The molecule has 2 heterocycles. The third kappa shape index (κ3) is 7.42. The van der Waals surface area contributed by atoms with Gasteiger partial charge < -0.3 is 24.6 Å². The molecule has 0 radical (unpaired) electrons. The fourth-order valence-corrected chi connectivity index (χ4v) is 4.97. The number of carbonyl (C=O) groups excluding carboxylic acids is 2. The van der Waals surface area contributed by atoms with Gasteiger partial charge in [0.25, 0.3) is 0 Å². The van der Waals surface area contributed by atoms with E-state index in [1.165, 1.54) is 0 Å². The Balaban J connectivity index is 1.19. The first-order valence-electron chi connectivity index (χ1n) is 13.9. The number of carboxylic acids is 1. The summed E-state index contributed by atoms with van der Waals surface area (Å²) >= 11 is 0. The molecule has 0 fully saturated rings. The van der Waals surface area contributed by atoms with Gasteiger partial charge in [-0.2, -0.15) is 0 Å². The predicted molar refractivity (Wildman–Crippen MR) is 156 cm³/mol. The number of aryl methyl sites for hydroxylation is 3. The van der Waals surface area contributed by atoms with Gasteiger partial charge in [0.1, 0.15) is 23.0 Å². The molecule has 9 nitrogen and oxygen atoms in total. The highest BCUT2D eigenvalue weighted by molar-refractivity contribution is 5.96. The number of rotatable bonds is 13. The van der Waals surface area contributed by atoms with Gasteiger partial charge >= 0.3 is 11.6 Å². The molecule has 0 aliphatic heterocycles. The zero-order valence-electron chi connectivity index (χ0n) is 23.7. The van der Waals surface area contributed by atoms with Crippen molar-refractivity contribution in [3.05, 3.63) is 80.9 Å². The number of unbranched alkanes of at least 4 members (excludes halogenated alkanes) is 2. The highest BCUT2D eigenvalue weighted by Gasteiger charge is 2.20. The largest absolute Gasteiger partial charge is 0.480 e. The summed E-state index contributed by atoms with van der Waals surface area (Å²) in [5.41, 5.74) is 3.86. The Morgan fingerprint density at radius 1 is 0.854 bits per heavy atom. The Labute approximate surface area is 237 Å². The van der Waals surface area contributed by atoms with E-state index in [-0.39, 0.29) is 37.5 Å². The SMILES string of the molecule is Cc1oc2cc3oc(=O)c(CCC(=O)NCCCCCC(=O)N[C@@H](Cc4ccccc4)C(=O)O)c(C)c3cc2c1C. The summed E-state index contributed by atoms with van der Waals surface area (Å²) in [6.07, 6.45) is 2.84. The van der Waals surface area contributed by atoms with E-state index in [0.29, 0.717) is 42.5 Å². The molecular formula is C32H36N2O7. The van der Waals surface area contributed by atoms with E-state index in [9.17, 15) is 24.3 Å². The summed E-state index contributed by atoms with van der Waals surface area (Å²) in [4.78, 5) is 48.9. The van der Waals surface area contributed by atoms with Crippen molar-refractivity contribution in [3.8, 4) is 0 Å². The van der Waals surface area contributed by atoms with Gasteiger partial charge in [0.15, 0.2) is 0 Å². The van der Waals surface area contributed by atoms with Crippen LogP contribution >= 0.6 is 0 Å². The van der Waals surface area contributed by atoms with Crippen molar-refractivity contribution in [2.75, 3.05) is 6.54 Å². The molecule has 1 atom stereocenters. The fraction of sp³-hybridized carbons (Fsp3) is 0.375. The van der Waals surface area contributed by atoms with Crippen molar-refractivity contribution >= 4 is 39.7 Å². The van der Waals surface area contributed by atoms with E-state index in [0.717, 1.165) is 33.2 Å². The number of nitrogens with one attached hydrogen (secondary N) is 2. The molecule has 4 aromatic rings. The van der Waals surface area contributed by atoms with Gasteiger partial charge in [-0.25, -0.2) is 9.59 Å². The molecule has 0 saturated heterocycles. The zero-order chi connectivity index (χ0) is 29.5. The Hall–Kier alpha value is -4.40. The fourth-order valence-electron chi connectivity index (χ4n) is 4.97. The Bertz CT molecular complexity index is 1620. The number of fused-ring (bicyclic) bond motifs is 2. The molecular weight excluding hydrogens is 524 g/mol. The minimum Gasteiger partial charge on any atom is -0.480 e. The smallest absolute Gasteiger partial charge is 0.339 e. The second kappa shape index (κ2) is 13.3. The quantitative estimate of drug-likeness (QED) is 0.156. The third-order valence-corrected chi connectivity index (χ3v) is 7.50. The molecule has 2 aromatic carbocycles. The van der Waals surface area contributed by atoms with Gasteiger partial charge in [-0.1, -0.05) is 36.8 Å². The number of carboxylic acid groups (broad SMARTS) is 1. The maximum Gasteiger partial charge on any atom is 0.339 e. The molecule has 9 heteroatoms. The highest BCUT2D eigenvalue weighted by Crippen LogP contribution is 2.31. The number of amides is 2. The van der Waals surface area contributed by atoms with Crippen LogP contribution in [-0.2, 0) is 27.2 Å². The Morgan fingerprint density at radius 2 is 1.56 bits per heavy atom. The van der Waals surface area contributed by atoms with Crippen LogP contribution in [0.1, 0.15) is 60.1 Å². The summed E-state index contributed by atoms with van der Waals surface area (Å²) in [6.45, 7) is 6.21. The van der Waals surface area contributed by atoms with Crippen LogP contribution in [0.4, 0.5) is 0 Å². The molecule has 0 spiro atoms. The average Bonchev–Trinajstić information content (AvgIpc) is 3.21. The van der Waals surface area contributed by atoms with Crippen LogP contribution in [0.15, 0.2) is 56.1 Å². The first-order chi connectivity index (χ1) is 19.6. The van der Waals surface area contributed by atoms with Crippen LogP contribution in [0.5, 0.6) is 0 Å². The van der Waals surface area contributed by atoms with Gasteiger partial charge in [-0.05, 0) is 62.8 Å². The monoisotopic (exact) mass is 560 g/mol. The molecule has 0 saturated carbocycles. The van der Waals surface area contributed by atoms with Crippen LogP contribution in [0, 0.1) is 20.8 Å². The number of carbonyl (C=O) groups is 3. The number of aliphatic carboxylic acids is 1. The van der Waals surface area contributed by atoms with E-state index < -0.39 is 17.6 Å². The lowest BCUT2D eigenvalue weighted by Crippen LogP contribution is -2.42. The lowest BCUT2D eigenvalue weighted by atomic mass is 10.0. The van der Waals surface area contributed by atoms with Gasteiger partial charge in [-0.3, -0.25) is 9.59 Å². The summed E-state index contributed by atoms with van der Waals surface area (Å²) in [7, 11) is 0. The first-order valence-corrected chi connectivity index (χ1v) is 13.9. The number of benzene rings is 2. The number of hydrogen-bond acceptors (Lipinski definition) is 6. The molecule has 3 N–H and O–H groups in total. The minimum absolute atomic E-state index is 0.156. The van der Waals surface area contributed by atoms with E-state index in [4.69, 9.17) is 8.83 Å². The Kier molecular flexibility index (Phi) is 9.60. The van der Waals surface area contributed by atoms with Crippen LogP contribution in [-0.4, -0.2) is 35.5 Å². The van der Waals surface area contributed by atoms with Crippen molar-refractivity contribution < 1.29 is 28.3 Å². The molecule has 2 aromatic heterocycles. The lowest BCUT2D eigenvalue weighted by molar-refractivity contribution is -0.141. The van der Waals surface area contributed by atoms with E-state index in [1.807, 2.05) is 57.2 Å². The third-order valence-electron chi connectivity index (χ3n) is 7.50. The first kappa shape index (κ1) is 29.6. The molecule has 216 valence electrons. The maximum absolute atomic E-state index is 12.7. The van der Waals surface area contributed by atoms with Crippen LogP contribution < -0.4 is 16.3 Å². The van der Waals surface area contributed by atoms with Crippen LogP contribution in [0.2, 0.25) is 0 Å². The molecule has 0 aliphatic carbocycles. The molecule has 41 heavy (non-hydrogen) atoms. The summed E-state index contributed by atoms with van der Waals surface area (Å²) in [6, 6.07) is 11.9. The Morgan fingerprint density at radius 3 is 2.29 bits per heavy atom. The van der Waals surface area contributed by atoms with Crippen LogP contribution in [0.25, 0.3) is 21.9 Å². The topological polar surface area (TPSA) is 139 Å². The number of hydrogen-bond donors (Lipinski definition) is 3. The molecule has 4 rings (SSSR count). The normalized spacial score (nSPS) is 12.0. The van der Waals surface area contributed by atoms with Gasteiger partial charge in [-0.15, -0.1) is 0 Å². The summed E-state index contributed by atoms with van der Waals surface area (Å²) in [5.74, 6) is -0.715. The summed E-state index contributed by atoms with van der Waals surface area (Å²) in [5, 5.41) is 16.7. The van der Waals surface area contributed by atoms with Crippen molar-refractivity contribution in [2.24, 2.45) is 0 Å². The van der Waals surface area contributed by atoms with Crippen molar-refractivity contribution in [1.82, 2.24) is 10.6 Å². The molecule has 0 aliphatic rings. The van der Waals surface area contributed by atoms with E-state index in [1.54, 1.807) is 6.07 Å². The number of furan rings is 1. The van der Waals surface area contributed by atoms with E-state index in [2.05, 4.69) is 10.6 Å². The molecule has 2 amide bonds. The highest BCUT2D eigenvalue weighted by atomic mass is 16.4. The standard InChI is InChI=1S/C32H36N2O7/c1-19-21(3)40-27-18-28-25(17-24(19)27)20(2)23(32(39)41-28)13-14-29(35)33-15-9-5-8-12-30(36)34-26(31(37)38)16-22-10-6-4-7-11-22/h4,6-7,10-11,17-18,26H,5,8-9,12-16H2,1-3H3,(H,33,35)(H,34,36)(H,37,38)/t26-/m0/s1. The maximum atomic E-state index is 12.7. The second-order valence-corrected chi connectivity index (χ2v) is 10.4. The second-order valence-electron chi connectivity index (χ2n) is 10.4. The van der Waals surface area contributed by atoms with Crippen molar-refractivity contribution in [2.45, 2.75) is 71.8 Å². The van der Waals surface area contributed by atoms with Gasteiger partial charge in [0.05, 0.1) is 0 Å². The lowest BCUT2D eigenvalue weighted by Gasteiger charge is -2.14. The minimum atomic E-state index is -1.07. The van der Waals surface area contributed by atoms with Gasteiger partial charge in [0, 0.05) is 48.2 Å². The van der Waals surface area contributed by atoms with Gasteiger partial charge in [0.2, 0.25) is 11.8 Å². The molecule has 0 bridgehead atoms. The van der Waals surface area contributed by atoms with Crippen molar-refractivity contribution in [3.63, 3.8) is 0 Å².